The molecule has 8 heteroatoms. The predicted molar refractivity (Wildman–Crippen MR) is 120 cm³/mol. The molecule has 1 heterocycles. The van der Waals surface area contributed by atoms with Gasteiger partial charge < -0.3 is 18.9 Å². The number of ether oxygens (including phenoxy) is 4. The Labute approximate surface area is 186 Å². The summed E-state index contributed by atoms with van der Waals surface area (Å²) in [6, 6.07) is 8.76. The summed E-state index contributed by atoms with van der Waals surface area (Å²) in [5.41, 5.74) is 3.84. The molecule has 0 aromatic heterocycles. The molecule has 0 bridgehead atoms. The summed E-state index contributed by atoms with van der Waals surface area (Å²) >= 11 is 0. The molecule has 3 rings (SSSR count). The first-order valence-electron chi connectivity index (χ1n) is 10.2. The minimum atomic E-state index is -0.456. The van der Waals surface area contributed by atoms with Crippen molar-refractivity contribution in [1.82, 2.24) is 0 Å². The molecule has 8 nitrogen and oxygen atoms in total. The zero-order valence-electron chi connectivity index (χ0n) is 19.0. The topological polar surface area (TPSA) is 95.8 Å². The van der Waals surface area contributed by atoms with E-state index in [1.54, 1.807) is 24.3 Å². The average Bonchev–Trinajstić information content (AvgIpc) is 2.88. The van der Waals surface area contributed by atoms with Crippen LogP contribution in [0.1, 0.15) is 56.7 Å². The van der Waals surface area contributed by atoms with E-state index < -0.39 is 11.9 Å². The van der Waals surface area contributed by atoms with Crippen LogP contribution in [0.15, 0.2) is 40.5 Å². The third-order valence-corrected chi connectivity index (χ3v) is 5.13. The number of rotatable bonds is 6. The van der Waals surface area contributed by atoms with Crippen LogP contribution in [-0.2, 0) is 9.59 Å². The standard InChI is InChI=1S/C24H26N2O6/c1-7-17-13(2)25-26-24(16-8-9-20(31-14(3)27)21(10-16)29-5)19-12-23(32-15(4)28)22(30-6)11-18(17)19/h8-12,17H,7H2,1-6H3. The number of fused-ring (bicyclic) bond motifs is 1. The molecule has 0 fully saturated rings. The van der Waals surface area contributed by atoms with E-state index in [1.807, 2.05) is 13.0 Å². The lowest BCUT2D eigenvalue weighted by Gasteiger charge is -2.20. The molecule has 1 aliphatic rings. The lowest BCUT2D eigenvalue weighted by Crippen LogP contribution is -2.14. The van der Waals surface area contributed by atoms with Crippen LogP contribution < -0.4 is 18.9 Å². The highest BCUT2D eigenvalue weighted by Gasteiger charge is 2.27. The van der Waals surface area contributed by atoms with Crippen LogP contribution in [-0.4, -0.2) is 37.6 Å². The number of carbonyl (C=O) groups is 2. The monoisotopic (exact) mass is 438 g/mol. The Morgan fingerprint density at radius 1 is 0.875 bits per heavy atom. The van der Waals surface area contributed by atoms with Crippen LogP contribution in [0.2, 0.25) is 0 Å². The Morgan fingerprint density at radius 2 is 1.50 bits per heavy atom. The molecule has 0 radical (unpaired) electrons. The lowest BCUT2D eigenvalue weighted by atomic mass is 9.85. The summed E-state index contributed by atoms with van der Waals surface area (Å²) in [4.78, 5) is 23.1. The van der Waals surface area contributed by atoms with Crippen molar-refractivity contribution < 1.29 is 28.5 Å². The van der Waals surface area contributed by atoms with E-state index in [-0.39, 0.29) is 5.92 Å². The molecule has 0 spiro atoms. The van der Waals surface area contributed by atoms with E-state index in [0.717, 1.165) is 23.3 Å². The van der Waals surface area contributed by atoms with Gasteiger partial charge in [-0.25, -0.2) is 0 Å². The molecule has 0 saturated carbocycles. The number of benzene rings is 2. The van der Waals surface area contributed by atoms with E-state index in [0.29, 0.717) is 34.3 Å². The van der Waals surface area contributed by atoms with Gasteiger partial charge >= 0.3 is 11.9 Å². The van der Waals surface area contributed by atoms with Crippen molar-refractivity contribution in [1.29, 1.82) is 0 Å². The summed E-state index contributed by atoms with van der Waals surface area (Å²) in [7, 11) is 3.02. The van der Waals surface area contributed by atoms with E-state index in [4.69, 9.17) is 18.9 Å². The van der Waals surface area contributed by atoms with E-state index in [2.05, 4.69) is 17.1 Å². The fraction of sp³-hybridized carbons (Fsp3) is 0.333. The highest BCUT2D eigenvalue weighted by atomic mass is 16.6. The van der Waals surface area contributed by atoms with E-state index in [1.165, 1.54) is 28.1 Å². The quantitative estimate of drug-likeness (QED) is 0.494. The molecule has 32 heavy (non-hydrogen) atoms. The third kappa shape index (κ3) is 4.64. The Bertz CT molecular complexity index is 1120. The van der Waals surface area contributed by atoms with Crippen molar-refractivity contribution in [2.24, 2.45) is 10.2 Å². The van der Waals surface area contributed by atoms with Gasteiger partial charge in [0.05, 0.1) is 14.2 Å². The maximum atomic E-state index is 11.7. The Balaban J connectivity index is 2.23. The zero-order chi connectivity index (χ0) is 23.4. The molecule has 1 atom stereocenters. The zero-order valence-corrected chi connectivity index (χ0v) is 19.0. The minimum absolute atomic E-state index is 0.00810. The maximum Gasteiger partial charge on any atom is 0.308 e. The number of esters is 2. The van der Waals surface area contributed by atoms with Crippen LogP contribution >= 0.6 is 0 Å². The van der Waals surface area contributed by atoms with E-state index >= 15 is 0 Å². The number of carbonyl (C=O) groups excluding carboxylic acids is 2. The Morgan fingerprint density at radius 3 is 2.09 bits per heavy atom. The minimum Gasteiger partial charge on any atom is -0.493 e. The van der Waals surface area contributed by atoms with Gasteiger partial charge in [-0.1, -0.05) is 6.92 Å². The summed E-state index contributed by atoms with van der Waals surface area (Å²) in [6.07, 6.45) is 0.801. The smallest absolute Gasteiger partial charge is 0.308 e. The average molecular weight is 438 g/mol. The largest absolute Gasteiger partial charge is 0.493 e. The van der Waals surface area contributed by atoms with Crippen molar-refractivity contribution in [3.8, 4) is 23.0 Å². The van der Waals surface area contributed by atoms with Crippen molar-refractivity contribution in [3.05, 3.63) is 47.0 Å². The Hall–Kier alpha value is -3.68. The molecule has 0 aliphatic carbocycles. The first-order valence-corrected chi connectivity index (χ1v) is 10.2. The molecule has 0 saturated heterocycles. The highest BCUT2D eigenvalue weighted by molar-refractivity contribution is 6.16. The number of hydrogen-bond acceptors (Lipinski definition) is 8. The summed E-state index contributed by atoms with van der Waals surface area (Å²) in [5, 5.41) is 8.97. The first kappa shape index (κ1) is 23.0. The first-order chi connectivity index (χ1) is 15.3. The van der Waals surface area contributed by atoms with Crippen LogP contribution in [0.3, 0.4) is 0 Å². The van der Waals surface area contributed by atoms with Crippen molar-refractivity contribution in [3.63, 3.8) is 0 Å². The normalized spacial score (nSPS) is 15.0. The molecule has 168 valence electrons. The summed E-state index contributed by atoms with van der Waals surface area (Å²) in [5.74, 6) is 0.541. The van der Waals surface area contributed by atoms with Crippen LogP contribution in [0.25, 0.3) is 0 Å². The van der Waals surface area contributed by atoms with Gasteiger partial charge in [-0.05, 0) is 49.2 Å². The number of hydrogen-bond donors (Lipinski definition) is 0. The van der Waals surface area contributed by atoms with Crippen LogP contribution in [0.4, 0.5) is 0 Å². The fourth-order valence-corrected chi connectivity index (χ4v) is 3.72. The molecule has 2 aromatic rings. The molecule has 1 unspecified atom stereocenters. The lowest BCUT2D eigenvalue weighted by molar-refractivity contribution is -0.132. The van der Waals surface area contributed by atoms with Gasteiger partial charge in [0.2, 0.25) is 0 Å². The molecule has 0 amide bonds. The van der Waals surface area contributed by atoms with Crippen LogP contribution in [0.5, 0.6) is 23.0 Å². The second-order valence-corrected chi connectivity index (χ2v) is 7.29. The van der Waals surface area contributed by atoms with Crippen LogP contribution in [0, 0.1) is 0 Å². The SMILES string of the molecule is CCC1C(C)=NN=C(c2ccc(OC(C)=O)c(OC)c2)c2cc(OC(C)=O)c(OC)cc21. The molecular weight excluding hydrogens is 412 g/mol. The van der Waals surface area contributed by atoms with E-state index in [9.17, 15) is 9.59 Å². The summed E-state index contributed by atoms with van der Waals surface area (Å²) in [6.45, 7) is 6.66. The van der Waals surface area contributed by atoms with Gasteiger partial charge in [0.1, 0.15) is 5.71 Å². The van der Waals surface area contributed by atoms with Crippen molar-refractivity contribution in [2.75, 3.05) is 14.2 Å². The molecule has 1 aliphatic heterocycles. The highest BCUT2D eigenvalue weighted by Crippen LogP contribution is 2.39. The predicted octanol–water partition coefficient (Wildman–Crippen LogP) is 4.27. The number of nitrogens with zero attached hydrogens (tertiary/aromatic N) is 2. The van der Waals surface area contributed by atoms with Gasteiger partial charge in [0.15, 0.2) is 23.0 Å². The molecular formula is C24H26N2O6. The van der Waals surface area contributed by atoms with Gasteiger partial charge in [0.25, 0.3) is 0 Å². The number of methoxy groups -OCH3 is 2. The van der Waals surface area contributed by atoms with Gasteiger partial charge in [0, 0.05) is 36.6 Å². The third-order valence-electron chi connectivity index (χ3n) is 5.13. The van der Waals surface area contributed by atoms with Gasteiger partial charge in [-0.15, -0.1) is 5.10 Å². The summed E-state index contributed by atoms with van der Waals surface area (Å²) < 4.78 is 21.5. The second kappa shape index (κ2) is 9.64. The van der Waals surface area contributed by atoms with Gasteiger partial charge in [-0.2, -0.15) is 5.10 Å². The second-order valence-electron chi connectivity index (χ2n) is 7.29. The fourth-order valence-electron chi connectivity index (χ4n) is 3.72. The van der Waals surface area contributed by atoms with Crippen molar-refractivity contribution >= 4 is 23.4 Å². The van der Waals surface area contributed by atoms with Gasteiger partial charge in [-0.3, -0.25) is 9.59 Å². The molecule has 0 N–H and O–H groups in total. The molecule has 2 aromatic carbocycles. The Kier molecular flexibility index (Phi) is 6.92. The maximum absolute atomic E-state index is 11.7. The van der Waals surface area contributed by atoms with Crippen molar-refractivity contribution in [2.45, 2.75) is 40.0 Å².